The second-order valence-corrected chi connectivity index (χ2v) is 9.24. The van der Waals surface area contributed by atoms with Gasteiger partial charge >= 0.3 is 5.97 Å². The molecule has 0 spiro atoms. The van der Waals surface area contributed by atoms with E-state index < -0.39 is 27.4 Å². The van der Waals surface area contributed by atoms with Gasteiger partial charge < -0.3 is 9.84 Å². The zero-order valence-electron chi connectivity index (χ0n) is 17.0. The van der Waals surface area contributed by atoms with Crippen molar-refractivity contribution in [2.45, 2.75) is 5.03 Å². The molecule has 2 aromatic carbocycles. The smallest absolute Gasteiger partial charge is 0.338 e. The number of halogens is 1. The van der Waals surface area contributed by atoms with Gasteiger partial charge in [0.1, 0.15) is 16.6 Å². The Morgan fingerprint density at radius 1 is 1.12 bits per heavy atom. The molecule has 33 heavy (non-hydrogen) atoms. The van der Waals surface area contributed by atoms with Crippen LogP contribution in [0, 0.1) is 5.82 Å². The number of rotatable bonds is 7. The molecule has 0 aliphatic heterocycles. The van der Waals surface area contributed by atoms with Crippen LogP contribution in [-0.2, 0) is 10.0 Å². The predicted octanol–water partition coefficient (Wildman–Crippen LogP) is 4.52. The molecule has 2 heterocycles. The fourth-order valence-corrected chi connectivity index (χ4v) is 5.18. The normalized spacial score (nSPS) is 11.2. The van der Waals surface area contributed by atoms with Gasteiger partial charge in [0.2, 0.25) is 0 Å². The number of carboxylic acids is 1. The third-order valence-corrected chi connectivity index (χ3v) is 6.94. The van der Waals surface area contributed by atoms with E-state index in [1.807, 2.05) is 36.4 Å². The standard InChI is InChI=1S/C22H16FN3O5S2/c1-31-19-9-16(22(27)28)17(23)10-18(19)26-33(29,30)20-12-32-21(25-20)14-6-4-13(5-7-14)15-3-2-8-24-11-15/h2-12,26H,1H3,(H,27,28). The third kappa shape index (κ3) is 4.69. The number of nitrogens with one attached hydrogen (secondary N) is 1. The quantitative estimate of drug-likeness (QED) is 0.395. The van der Waals surface area contributed by atoms with Crippen LogP contribution in [0.1, 0.15) is 10.4 Å². The molecule has 168 valence electrons. The summed E-state index contributed by atoms with van der Waals surface area (Å²) in [6, 6.07) is 12.9. The molecule has 0 fully saturated rings. The number of carbonyl (C=O) groups is 1. The molecule has 2 aromatic heterocycles. The number of hydrogen-bond donors (Lipinski definition) is 2. The second-order valence-electron chi connectivity index (χ2n) is 6.75. The van der Waals surface area contributed by atoms with Crippen molar-refractivity contribution in [1.82, 2.24) is 9.97 Å². The number of ether oxygens (including phenoxy) is 1. The first-order valence-electron chi connectivity index (χ1n) is 9.38. The second kappa shape index (κ2) is 8.96. The third-order valence-electron chi connectivity index (χ3n) is 4.65. The number of thiazole rings is 1. The Morgan fingerprint density at radius 3 is 2.48 bits per heavy atom. The molecular weight excluding hydrogens is 469 g/mol. The van der Waals surface area contributed by atoms with Gasteiger partial charge in [-0.2, -0.15) is 8.42 Å². The zero-order valence-corrected chi connectivity index (χ0v) is 18.7. The van der Waals surface area contributed by atoms with Crippen molar-refractivity contribution in [2.24, 2.45) is 0 Å². The number of benzene rings is 2. The molecule has 11 heteroatoms. The first kappa shape index (κ1) is 22.4. The van der Waals surface area contributed by atoms with Crippen LogP contribution in [-0.4, -0.2) is 36.6 Å². The predicted molar refractivity (Wildman–Crippen MR) is 122 cm³/mol. The van der Waals surface area contributed by atoms with Crippen LogP contribution in [0.2, 0.25) is 0 Å². The summed E-state index contributed by atoms with van der Waals surface area (Å²) >= 11 is 1.14. The summed E-state index contributed by atoms with van der Waals surface area (Å²) in [5.74, 6) is -2.74. The molecule has 0 unspecified atom stereocenters. The Bertz CT molecular complexity index is 1420. The summed E-state index contributed by atoms with van der Waals surface area (Å²) in [4.78, 5) is 19.4. The number of aromatic carboxylic acids is 1. The molecule has 0 saturated heterocycles. The molecular formula is C22H16FN3O5S2. The summed E-state index contributed by atoms with van der Waals surface area (Å²) in [5, 5.41) is 10.6. The molecule has 0 saturated carbocycles. The van der Waals surface area contributed by atoms with Crippen molar-refractivity contribution in [3.8, 4) is 27.4 Å². The molecule has 0 amide bonds. The number of sulfonamides is 1. The SMILES string of the molecule is COc1cc(C(=O)O)c(F)cc1NS(=O)(=O)c1csc(-c2ccc(-c3cccnc3)cc2)n1. The fraction of sp³-hybridized carbons (Fsp3) is 0.0455. The average Bonchev–Trinajstić information content (AvgIpc) is 3.31. The van der Waals surface area contributed by atoms with Crippen molar-refractivity contribution >= 4 is 33.0 Å². The first-order valence-corrected chi connectivity index (χ1v) is 11.7. The largest absolute Gasteiger partial charge is 0.495 e. The fourth-order valence-electron chi connectivity index (χ4n) is 3.02. The highest BCUT2D eigenvalue weighted by Crippen LogP contribution is 2.32. The van der Waals surface area contributed by atoms with E-state index in [1.165, 1.54) is 12.5 Å². The number of aromatic nitrogens is 2. The Hall–Kier alpha value is -3.83. The van der Waals surface area contributed by atoms with E-state index in [4.69, 9.17) is 9.84 Å². The number of hydrogen-bond acceptors (Lipinski definition) is 7. The van der Waals surface area contributed by atoms with Gasteiger partial charge in [0.15, 0.2) is 5.03 Å². The molecule has 0 bridgehead atoms. The van der Waals surface area contributed by atoms with E-state index in [9.17, 15) is 17.6 Å². The Kier molecular flexibility index (Phi) is 6.07. The topological polar surface area (TPSA) is 118 Å². The van der Waals surface area contributed by atoms with Gasteiger partial charge in [-0.15, -0.1) is 11.3 Å². The van der Waals surface area contributed by atoms with E-state index >= 15 is 0 Å². The summed E-state index contributed by atoms with van der Waals surface area (Å²) < 4.78 is 46.9. The number of nitrogens with zero attached hydrogens (tertiary/aromatic N) is 2. The van der Waals surface area contributed by atoms with Crippen LogP contribution >= 0.6 is 11.3 Å². The Morgan fingerprint density at radius 2 is 1.85 bits per heavy atom. The monoisotopic (exact) mass is 485 g/mol. The average molecular weight is 486 g/mol. The van der Waals surface area contributed by atoms with E-state index in [1.54, 1.807) is 12.4 Å². The maximum Gasteiger partial charge on any atom is 0.338 e. The minimum Gasteiger partial charge on any atom is -0.495 e. The number of pyridine rings is 1. The summed E-state index contributed by atoms with van der Waals surface area (Å²) in [5.41, 5.74) is 1.75. The van der Waals surface area contributed by atoms with Gasteiger partial charge in [0.25, 0.3) is 10.0 Å². The summed E-state index contributed by atoms with van der Waals surface area (Å²) in [6.45, 7) is 0. The van der Waals surface area contributed by atoms with Crippen LogP contribution < -0.4 is 9.46 Å². The van der Waals surface area contributed by atoms with Crippen molar-refractivity contribution in [3.63, 3.8) is 0 Å². The molecule has 8 nitrogen and oxygen atoms in total. The first-order chi connectivity index (χ1) is 15.8. The van der Waals surface area contributed by atoms with Crippen LogP contribution in [0.3, 0.4) is 0 Å². The number of anilines is 1. The maximum absolute atomic E-state index is 14.1. The van der Waals surface area contributed by atoms with Crippen LogP contribution in [0.5, 0.6) is 5.75 Å². The molecule has 0 aliphatic carbocycles. The van der Waals surface area contributed by atoms with Crippen LogP contribution in [0.15, 0.2) is 71.3 Å². The molecule has 4 aromatic rings. The highest BCUT2D eigenvalue weighted by atomic mass is 32.2. The van der Waals surface area contributed by atoms with Gasteiger partial charge in [-0.05, 0) is 23.3 Å². The molecule has 0 radical (unpaired) electrons. The van der Waals surface area contributed by atoms with E-state index in [2.05, 4.69) is 14.7 Å². The van der Waals surface area contributed by atoms with Gasteiger partial charge in [0.05, 0.1) is 18.4 Å². The highest BCUT2D eigenvalue weighted by Gasteiger charge is 2.23. The van der Waals surface area contributed by atoms with Gasteiger partial charge in [-0.3, -0.25) is 9.71 Å². The molecule has 0 atom stereocenters. The van der Waals surface area contributed by atoms with Crippen LogP contribution in [0.4, 0.5) is 10.1 Å². The Labute approximate surface area is 192 Å². The van der Waals surface area contributed by atoms with E-state index in [0.29, 0.717) is 5.01 Å². The lowest BCUT2D eigenvalue weighted by molar-refractivity contribution is 0.0691. The number of methoxy groups -OCH3 is 1. The maximum atomic E-state index is 14.1. The minimum atomic E-state index is -4.19. The van der Waals surface area contributed by atoms with Gasteiger partial charge in [-0.1, -0.05) is 30.3 Å². The minimum absolute atomic E-state index is 0.140. The Balaban J connectivity index is 1.59. The van der Waals surface area contributed by atoms with Crippen molar-refractivity contribution in [1.29, 1.82) is 0 Å². The van der Waals surface area contributed by atoms with Crippen molar-refractivity contribution in [2.75, 3.05) is 11.8 Å². The van der Waals surface area contributed by atoms with Crippen LogP contribution in [0.25, 0.3) is 21.7 Å². The molecule has 4 rings (SSSR count). The number of carboxylic acid groups (broad SMARTS) is 1. The van der Waals surface area contributed by atoms with Gasteiger partial charge in [-0.25, -0.2) is 14.2 Å². The summed E-state index contributed by atoms with van der Waals surface area (Å²) in [6.07, 6.45) is 3.43. The molecule has 0 aliphatic rings. The lowest BCUT2D eigenvalue weighted by atomic mass is 10.1. The van der Waals surface area contributed by atoms with E-state index in [0.717, 1.165) is 40.2 Å². The lowest BCUT2D eigenvalue weighted by Gasteiger charge is -2.12. The van der Waals surface area contributed by atoms with E-state index in [-0.39, 0.29) is 16.5 Å². The van der Waals surface area contributed by atoms with Crippen molar-refractivity contribution in [3.05, 3.63) is 77.7 Å². The van der Waals surface area contributed by atoms with Crippen molar-refractivity contribution < 1.29 is 27.4 Å². The van der Waals surface area contributed by atoms with Gasteiger partial charge in [0, 0.05) is 29.4 Å². The lowest BCUT2D eigenvalue weighted by Crippen LogP contribution is -2.15. The zero-order chi connectivity index (χ0) is 23.6. The summed E-state index contributed by atoms with van der Waals surface area (Å²) in [7, 11) is -2.97. The highest BCUT2D eigenvalue weighted by molar-refractivity contribution is 7.92. The molecule has 2 N–H and O–H groups in total.